The van der Waals surface area contributed by atoms with E-state index in [1.54, 1.807) is 11.3 Å². The molecule has 2 rings (SSSR count). The Hall–Kier alpha value is -1.65. The van der Waals surface area contributed by atoms with Gasteiger partial charge in [-0.25, -0.2) is 0 Å². The van der Waals surface area contributed by atoms with Crippen molar-refractivity contribution in [3.8, 4) is 0 Å². The summed E-state index contributed by atoms with van der Waals surface area (Å²) in [5.74, 6) is -0.0290. The Morgan fingerprint density at radius 2 is 1.95 bits per heavy atom. The maximum atomic E-state index is 12.2. The molecule has 20 heavy (non-hydrogen) atoms. The zero-order valence-electron chi connectivity index (χ0n) is 11.9. The van der Waals surface area contributed by atoms with E-state index >= 15 is 0 Å². The van der Waals surface area contributed by atoms with Crippen LogP contribution in [0.3, 0.4) is 0 Å². The first-order chi connectivity index (χ1) is 9.74. The van der Waals surface area contributed by atoms with Gasteiger partial charge in [0.2, 0.25) is 0 Å². The molecule has 0 fully saturated rings. The lowest BCUT2D eigenvalue weighted by Crippen LogP contribution is -2.16. The van der Waals surface area contributed by atoms with Gasteiger partial charge in [0, 0.05) is 17.1 Å². The molecule has 0 radical (unpaired) electrons. The van der Waals surface area contributed by atoms with Crippen molar-refractivity contribution in [1.29, 1.82) is 0 Å². The second kappa shape index (κ2) is 7.22. The van der Waals surface area contributed by atoms with E-state index in [9.17, 15) is 4.79 Å². The van der Waals surface area contributed by atoms with E-state index in [2.05, 4.69) is 24.5 Å². The van der Waals surface area contributed by atoms with Crippen LogP contribution in [0.1, 0.15) is 34.0 Å². The highest BCUT2D eigenvalue weighted by molar-refractivity contribution is 7.14. The number of thiophene rings is 1. The maximum Gasteiger partial charge on any atom is 0.265 e. The van der Waals surface area contributed by atoms with Crippen LogP contribution < -0.4 is 10.6 Å². The molecule has 2 N–H and O–H groups in total. The van der Waals surface area contributed by atoms with Gasteiger partial charge >= 0.3 is 0 Å². The van der Waals surface area contributed by atoms with E-state index in [0.29, 0.717) is 0 Å². The van der Waals surface area contributed by atoms with Crippen molar-refractivity contribution in [2.24, 2.45) is 0 Å². The van der Waals surface area contributed by atoms with Crippen LogP contribution in [0.5, 0.6) is 0 Å². The standard InChI is InChI=1S/C16H20N2OS/c1-3-13-9-10-15(20-13)16(19)18-14-8-6-5-7-12(14)11-17-4-2/h5-10,17H,3-4,11H2,1-2H3,(H,18,19). The minimum absolute atomic E-state index is 0.0290. The smallest absolute Gasteiger partial charge is 0.265 e. The molecule has 1 amide bonds. The number of hydrogen-bond donors (Lipinski definition) is 2. The number of hydrogen-bond acceptors (Lipinski definition) is 3. The third-order valence-corrected chi connectivity index (χ3v) is 4.29. The molecule has 0 unspecified atom stereocenters. The summed E-state index contributed by atoms with van der Waals surface area (Å²) in [6, 6.07) is 11.8. The first kappa shape index (κ1) is 14.8. The molecular formula is C16H20N2OS. The molecule has 3 nitrogen and oxygen atoms in total. The first-order valence-electron chi connectivity index (χ1n) is 6.93. The predicted molar refractivity (Wildman–Crippen MR) is 85.5 cm³/mol. The Morgan fingerprint density at radius 1 is 1.15 bits per heavy atom. The zero-order valence-corrected chi connectivity index (χ0v) is 12.7. The number of aryl methyl sites for hydroxylation is 1. The molecule has 1 heterocycles. The molecule has 106 valence electrons. The number of anilines is 1. The van der Waals surface area contributed by atoms with Gasteiger partial charge in [0.25, 0.3) is 5.91 Å². The highest BCUT2D eigenvalue weighted by Gasteiger charge is 2.10. The zero-order chi connectivity index (χ0) is 14.4. The summed E-state index contributed by atoms with van der Waals surface area (Å²) in [5.41, 5.74) is 1.99. The predicted octanol–water partition coefficient (Wildman–Crippen LogP) is 3.67. The van der Waals surface area contributed by atoms with Gasteiger partial charge in [0.15, 0.2) is 0 Å². The number of para-hydroxylation sites is 1. The second-order valence-corrected chi connectivity index (χ2v) is 5.68. The highest BCUT2D eigenvalue weighted by Crippen LogP contribution is 2.20. The number of carbonyl (C=O) groups is 1. The average Bonchev–Trinajstić information content (AvgIpc) is 2.95. The summed E-state index contributed by atoms with van der Waals surface area (Å²) in [5, 5.41) is 6.29. The number of amides is 1. The minimum Gasteiger partial charge on any atom is -0.321 e. The Kier molecular flexibility index (Phi) is 5.32. The summed E-state index contributed by atoms with van der Waals surface area (Å²) in [7, 11) is 0. The van der Waals surface area contributed by atoms with Gasteiger partial charge in [-0.1, -0.05) is 32.0 Å². The molecule has 0 spiro atoms. The summed E-state index contributed by atoms with van der Waals surface area (Å²) in [4.78, 5) is 14.2. The summed E-state index contributed by atoms with van der Waals surface area (Å²) in [6.45, 7) is 5.84. The molecule has 0 aliphatic heterocycles. The van der Waals surface area contributed by atoms with Crippen molar-refractivity contribution in [1.82, 2.24) is 5.32 Å². The molecule has 0 bridgehead atoms. The van der Waals surface area contributed by atoms with Gasteiger partial charge in [-0.05, 0) is 36.7 Å². The lowest BCUT2D eigenvalue weighted by Gasteiger charge is -2.10. The van der Waals surface area contributed by atoms with Crippen LogP contribution in [0.2, 0.25) is 0 Å². The molecule has 4 heteroatoms. The number of carbonyl (C=O) groups excluding carboxylic acids is 1. The fourth-order valence-electron chi connectivity index (χ4n) is 1.93. The number of nitrogens with one attached hydrogen (secondary N) is 2. The van der Waals surface area contributed by atoms with Gasteiger partial charge < -0.3 is 10.6 Å². The van der Waals surface area contributed by atoms with Crippen LogP contribution >= 0.6 is 11.3 Å². The fraction of sp³-hybridized carbons (Fsp3) is 0.312. The fourth-order valence-corrected chi connectivity index (χ4v) is 2.77. The Balaban J connectivity index is 2.10. The van der Waals surface area contributed by atoms with E-state index in [4.69, 9.17) is 0 Å². The van der Waals surface area contributed by atoms with E-state index in [1.165, 1.54) is 4.88 Å². The van der Waals surface area contributed by atoms with Crippen molar-refractivity contribution in [3.05, 3.63) is 51.7 Å². The molecule has 0 aliphatic rings. The molecule has 1 aromatic heterocycles. The van der Waals surface area contributed by atoms with E-state index in [-0.39, 0.29) is 5.91 Å². The molecule has 0 saturated carbocycles. The summed E-state index contributed by atoms with van der Waals surface area (Å²) in [6.07, 6.45) is 0.967. The third-order valence-electron chi connectivity index (χ3n) is 3.06. The van der Waals surface area contributed by atoms with Gasteiger partial charge in [0.05, 0.1) is 4.88 Å². The Labute approximate surface area is 124 Å². The molecule has 0 atom stereocenters. The normalized spacial score (nSPS) is 10.5. The van der Waals surface area contributed by atoms with Crippen molar-refractivity contribution in [2.45, 2.75) is 26.8 Å². The minimum atomic E-state index is -0.0290. The van der Waals surface area contributed by atoms with Crippen molar-refractivity contribution in [2.75, 3.05) is 11.9 Å². The quantitative estimate of drug-likeness (QED) is 0.851. The molecule has 0 aliphatic carbocycles. The van der Waals surface area contributed by atoms with Crippen LogP contribution in [0, 0.1) is 0 Å². The number of rotatable bonds is 6. The molecule has 1 aromatic carbocycles. The van der Waals surface area contributed by atoms with Crippen LogP contribution in [0.15, 0.2) is 36.4 Å². The van der Waals surface area contributed by atoms with Crippen LogP contribution in [0.4, 0.5) is 5.69 Å². The van der Waals surface area contributed by atoms with Gasteiger partial charge in [-0.15, -0.1) is 11.3 Å². The Morgan fingerprint density at radius 3 is 2.65 bits per heavy atom. The molecular weight excluding hydrogens is 268 g/mol. The number of benzene rings is 1. The first-order valence-corrected chi connectivity index (χ1v) is 7.75. The van der Waals surface area contributed by atoms with E-state index in [0.717, 1.165) is 35.6 Å². The highest BCUT2D eigenvalue weighted by atomic mass is 32.1. The van der Waals surface area contributed by atoms with Gasteiger partial charge in [0.1, 0.15) is 0 Å². The van der Waals surface area contributed by atoms with Crippen molar-refractivity contribution in [3.63, 3.8) is 0 Å². The third kappa shape index (κ3) is 3.68. The lowest BCUT2D eigenvalue weighted by molar-refractivity contribution is 0.103. The molecule has 2 aromatic rings. The van der Waals surface area contributed by atoms with E-state index in [1.807, 2.05) is 36.4 Å². The summed E-state index contributed by atoms with van der Waals surface area (Å²) < 4.78 is 0. The largest absolute Gasteiger partial charge is 0.321 e. The van der Waals surface area contributed by atoms with Crippen LogP contribution in [-0.2, 0) is 13.0 Å². The van der Waals surface area contributed by atoms with Crippen LogP contribution in [-0.4, -0.2) is 12.5 Å². The second-order valence-electron chi connectivity index (χ2n) is 4.51. The SMILES string of the molecule is CCNCc1ccccc1NC(=O)c1ccc(CC)s1. The van der Waals surface area contributed by atoms with Crippen LogP contribution in [0.25, 0.3) is 0 Å². The molecule has 0 saturated heterocycles. The van der Waals surface area contributed by atoms with Gasteiger partial charge in [-0.3, -0.25) is 4.79 Å². The summed E-state index contributed by atoms with van der Waals surface area (Å²) >= 11 is 1.56. The topological polar surface area (TPSA) is 41.1 Å². The maximum absolute atomic E-state index is 12.2. The van der Waals surface area contributed by atoms with Crippen molar-refractivity contribution >= 4 is 22.9 Å². The van der Waals surface area contributed by atoms with Crippen molar-refractivity contribution < 1.29 is 4.79 Å². The van der Waals surface area contributed by atoms with Gasteiger partial charge in [-0.2, -0.15) is 0 Å². The average molecular weight is 288 g/mol. The lowest BCUT2D eigenvalue weighted by atomic mass is 10.1. The monoisotopic (exact) mass is 288 g/mol. The Bertz CT molecular complexity index is 577. The van der Waals surface area contributed by atoms with E-state index < -0.39 is 0 Å².